The van der Waals surface area contributed by atoms with Crippen LogP contribution >= 0.6 is 0 Å². The molecule has 3 heterocycles. The van der Waals surface area contributed by atoms with Gasteiger partial charge in [0.05, 0.1) is 12.0 Å². The van der Waals surface area contributed by atoms with Crippen LogP contribution in [0, 0.1) is 23.2 Å². The van der Waals surface area contributed by atoms with Gasteiger partial charge in [-0.3, -0.25) is 4.79 Å². The molecule has 4 fully saturated rings. The maximum absolute atomic E-state index is 12.9. The maximum atomic E-state index is 12.9. The summed E-state index contributed by atoms with van der Waals surface area (Å²) in [5.41, 5.74) is 1.12. The van der Waals surface area contributed by atoms with Crippen molar-refractivity contribution >= 4 is 5.97 Å². The number of aliphatic hydroxyl groups excluding tert-OH is 1. The number of aliphatic hydroxyl groups is 1. The third-order valence-corrected chi connectivity index (χ3v) is 9.49. The van der Waals surface area contributed by atoms with Crippen molar-refractivity contribution in [2.75, 3.05) is 32.7 Å². The molecule has 5 heteroatoms. The maximum Gasteiger partial charge on any atom is 0.311 e. The average molecular weight is 417 g/mol. The van der Waals surface area contributed by atoms with Gasteiger partial charge in [-0.05, 0) is 70.6 Å². The van der Waals surface area contributed by atoms with Crippen molar-refractivity contribution in [1.29, 1.82) is 0 Å². The second-order valence-electron chi connectivity index (χ2n) is 10.9. The highest BCUT2D eigenvalue weighted by atomic mass is 16.6. The van der Waals surface area contributed by atoms with E-state index < -0.39 is 6.10 Å². The standard InChI is InChI=1S/C25H40N2O3/c1-17-7-6-8-18-15-21-22(23(28)25(17,18)2)20(24(29)30-21)16-26-13-9-19(10-14-26)27-11-4-3-5-12-27/h8,17,19-23,28H,3-7,9-16H2,1-2H3/t17-,20+,21+,22+,23+,25+/m0/s1. The molecule has 0 unspecified atom stereocenters. The van der Waals surface area contributed by atoms with Crippen LogP contribution in [0.15, 0.2) is 11.6 Å². The molecule has 5 rings (SSSR count). The Morgan fingerprint density at radius 2 is 1.87 bits per heavy atom. The third kappa shape index (κ3) is 3.45. The number of allylic oxidation sites excluding steroid dienone is 1. The van der Waals surface area contributed by atoms with Gasteiger partial charge in [-0.15, -0.1) is 0 Å². The molecule has 3 saturated heterocycles. The van der Waals surface area contributed by atoms with Gasteiger partial charge in [0, 0.05) is 30.3 Å². The molecule has 5 nitrogen and oxygen atoms in total. The lowest BCUT2D eigenvalue weighted by Crippen LogP contribution is -2.55. The summed E-state index contributed by atoms with van der Waals surface area (Å²) < 4.78 is 5.86. The number of carbonyl (C=O) groups is 1. The Morgan fingerprint density at radius 3 is 2.60 bits per heavy atom. The molecule has 0 radical (unpaired) electrons. The highest BCUT2D eigenvalue weighted by molar-refractivity contribution is 5.76. The molecule has 0 aromatic heterocycles. The van der Waals surface area contributed by atoms with Crippen LogP contribution in [0.3, 0.4) is 0 Å². The SMILES string of the molecule is C[C@H]1CCC=C2C[C@H]3OC(=O)[C@H](CN4CCC(N5CCCCC5)CC4)[C@H]3[C@@H](O)[C@@]21C. The van der Waals surface area contributed by atoms with E-state index in [2.05, 4.69) is 29.7 Å². The smallest absolute Gasteiger partial charge is 0.311 e. The van der Waals surface area contributed by atoms with Gasteiger partial charge in [-0.2, -0.15) is 0 Å². The van der Waals surface area contributed by atoms with Gasteiger partial charge in [0.2, 0.25) is 0 Å². The largest absolute Gasteiger partial charge is 0.461 e. The van der Waals surface area contributed by atoms with Crippen molar-refractivity contribution in [2.24, 2.45) is 23.2 Å². The molecule has 0 amide bonds. The summed E-state index contributed by atoms with van der Waals surface area (Å²) in [6.45, 7) is 9.92. The monoisotopic (exact) mass is 416 g/mol. The molecule has 6 atom stereocenters. The number of ether oxygens (including phenoxy) is 1. The summed E-state index contributed by atoms with van der Waals surface area (Å²) in [6, 6.07) is 0.722. The number of rotatable bonds is 3. The second kappa shape index (κ2) is 8.22. The second-order valence-corrected chi connectivity index (χ2v) is 10.9. The van der Waals surface area contributed by atoms with Gasteiger partial charge >= 0.3 is 5.97 Å². The summed E-state index contributed by atoms with van der Waals surface area (Å²) in [7, 11) is 0. The van der Waals surface area contributed by atoms with Gasteiger partial charge in [0.1, 0.15) is 6.10 Å². The van der Waals surface area contributed by atoms with Crippen LogP contribution in [0.2, 0.25) is 0 Å². The molecule has 0 bridgehead atoms. The topological polar surface area (TPSA) is 53.0 Å². The van der Waals surface area contributed by atoms with Gasteiger partial charge < -0.3 is 19.6 Å². The lowest BCUT2D eigenvalue weighted by molar-refractivity contribution is -0.145. The molecule has 2 aliphatic carbocycles. The zero-order valence-corrected chi connectivity index (χ0v) is 18.9. The number of esters is 1. The van der Waals surface area contributed by atoms with E-state index >= 15 is 0 Å². The van der Waals surface area contributed by atoms with Crippen LogP contribution < -0.4 is 0 Å². The lowest BCUT2D eigenvalue weighted by Gasteiger charge is -2.52. The lowest BCUT2D eigenvalue weighted by atomic mass is 9.55. The van der Waals surface area contributed by atoms with E-state index in [-0.39, 0.29) is 29.3 Å². The highest BCUT2D eigenvalue weighted by Crippen LogP contribution is 2.56. The van der Waals surface area contributed by atoms with Crippen LogP contribution in [-0.2, 0) is 9.53 Å². The fourth-order valence-electron chi connectivity index (χ4n) is 7.30. The molecule has 1 N–H and O–H groups in total. The van der Waals surface area contributed by atoms with E-state index in [1.165, 1.54) is 50.8 Å². The molecule has 0 aromatic rings. The Morgan fingerprint density at radius 1 is 1.13 bits per heavy atom. The quantitative estimate of drug-likeness (QED) is 0.566. The molecule has 30 heavy (non-hydrogen) atoms. The van der Waals surface area contributed by atoms with Crippen molar-refractivity contribution in [3.8, 4) is 0 Å². The normalized spacial score (nSPS) is 43.6. The number of piperidine rings is 2. The minimum Gasteiger partial charge on any atom is -0.461 e. The minimum atomic E-state index is -0.486. The minimum absolute atomic E-state index is 0.0555. The Bertz CT molecular complexity index is 680. The van der Waals surface area contributed by atoms with Crippen molar-refractivity contribution in [1.82, 2.24) is 9.80 Å². The van der Waals surface area contributed by atoms with E-state index in [9.17, 15) is 9.90 Å². The van der Waals surface area contributed by atoms with E-state index in [1.54, 1.807) is 0 Å². The zero-order chi connectivity index (χ0) is 20.9. The van der Waals surface area contributed by atoms with E-state index in [0.717, 1.165) is 44.9 Å². The molecular weight excluding hydrogens is 376 g/mol. The summed E-state index contributed by atoms with van der Waals surface area (Å²) in [4.78, 5) is 18.0. The first-order chi connectivity index (χ1) is 14.5. The predicted octanol–water partition coefficient (Wildman–Crippen LogP) is 3.22. The number of hydrogen-bond donors (Lipinski definition) is 1. The van der Waals surface area contributed by atoms with Gasteiger partial charge in [-0.1, -0.05) is 31.9 Å². The number of fused-ring (bicyclic) bond motifs is 2. The first kappa shape index (κ1) is 21.0. The first-order valence-electron chi connectivity index (χ1n) is 12.5. The van der Waals surface area contributed by atoms with Crippen LogP contribution in [-0.4, -0.2) is 71.8 Å². The summed E-state index contributed by atoms with van der Waals surface area (Å²) >= 11 is 0. The van der Waals surface area contributed by atoms with Gasteiger partial charge in [0.25, 0.3) is 0 Å². The van der Waals surface area contributed by atoms with E-state index in [1.807, 2.05) is 0 Å². The van der Waals surface area contributed by atoms with Crippen LogP contribution in [0.25, 0.3) is 0 Å². The van der Waals surface area contributed by atoms with Gasteiger partial charge in [0.15, 0.2) is 0 Å². The molecule has 3 aliphatic heterocycles. The Balaban J connectivity index is 1.25. The average Bonchev–Trinajstić information content (AvgIpc) is 3.07. The zero-order valence-electron chi connectivity index (χ0n) is 18.9. The Hall–Kier alpha value is -0.910. The molecule has 1 saturated carbocycles. The Kier molecular flexibility index (Phi) is 5.74. The molecule has 5 aliphatic rings. The molecular formula is C25H40N2O3. The van der Waals surface area contributed by atoms with Crippen LogP contribution in [0.5, 0.6) is 0 Å². The van der Waals surface area contributed by atoms with Crippen LogP contribution in [0.1, 0.15) is 65.2 Å². The van der Waals surface area contributed by atoms with E-state index in [4.69, 9.17) is 4.74 Å². The fourth-order valence-corrected chi connectivity index (χ4v) is 7.30. The number of carbonyl (C=O) groups excluding carboxylic acids is 1. The summed E-state index contributed by atoms with van der Waals surface area (Å²) in [5, 5.41) is 11.5. The van der Waals surface area contributed by atoms with Crippen molar-refractivity contribution in [2.45, 2.75) is 83.5 Å². The predicted molar refractivity (Wildman–Crippen MR) is 117 cm³/mol. The number of likely N-dealkylation sites (tertiary alicyclic amines) is 2. The molecule has 168 valence electrons. The molecule has 0 spiro atoms. The number of hydrogen-bond acceptors (Lipinski definition) is 5. The Labute approximate surface area is 181 Å². The van der Waals surface area contributed by atoms with Crippen LogP contribution in [0.4, 0.5) is 0 Å². The fraction of sp³-hybridized carbons (Fsp3) is 0.880. The van der Waals surface area contributed by atoms with Crippen molar-refractivity contribution in [3.05, 3.63) is 11.6 Å². The highest BCUT2D eigenvalue weighted by Gasteiger charge is 2.59. The first-order valence-corrected chi connectivity index (χ1v) is 12.5. The van der Waals surface area contributed by atoms with E-state index in [0.29, 0.717) is 5.92 Å². The molecule has 0 aromatic carbocycles. The van der Waals surface area contributed by atoms with Crippen molar-refractivity contribution in [3.63, 3.8) is 0 Å². The summed E-state index contributed by atoms with van der Waals surface area (Å²) in [5.74, 6) is 0.145. The van der Waals surface area contributed by atoms with Crippen molar-refractivity contribution < 1.29 is 14.6 Å². The number of nitrogens with zero attached hydrogens (tertiary/aromatic N) is 2. The third-order valence-electron chi connectivity index (χ3n) is 9.49. The summed E-state index contributed by atoms with van der Waals surface area (Å²) in [6.07, 6.45) is 11.2. The van der Waals surface area contributed by atoms with Gasteiger partial charge in [-0.25, -0.2) is 0 Å².